The Morgan fingerprint density at radius 2 is 1.92 bits per heavy atom. The highest BCUT2D eigenvalue weighted by atomic mass is 16.5. The lowest BCUT2D eigenvalue weighted by atomic mass is 9.83. The van der Waals surface area contributed by atoms with E-state index in [1.807, 2.05) is 45.7 Å². The number of carbonyl (C=O) groups excluding carboxylic acids is 2. The molecule has 1 unspecified atom stereocenters. The molecule has 0 radical (unpaired) electrons. The van der Waals surface area contributed by atoms with Gasteiger partial charge >= 0.3 is 5.97 Å². The van der Waals surface area contributed by atoms with Gasteiger partial charge in [0, 0.05) is 37.3 Å². The number of hydrogen-bond donors (Lipinski definition) is 3. The van der Waals surface area contributed by atoms with Crippen molar-refractivity contribution in [2.75, 3.05) is 38.7 Å². The van der Waals surface area contributed by atoms with Crippen LogP contribution in [-0.4, -0.2) is 73.4 Å². The number of benzene rings is 2. The lowest BCUT2D eigenvalue weighted by Crippen LogP contribution is -2.40. The number of rotatable bonds is 8. The van der Waals surface area contributed by atoms with Crippen LogP contribution in [0.4, 0.5) is 5.69 Å². The number of likely N-dealkylation sites (N-methyl/N-ethyl adjacent to an activating group) is 1. The molecule has 0 aliphatic carbocycles. The summed E-state index contributed by atoms with van der Waals surface area (Å²) in [6.07, 6.45) is -0.606. The van der Waals surface area contributed by atoms with Gasteiger partial charge in [-0.1, -0.05) is 20.8 Å². The molecule has 39 heavy (non-hydrogen) atoms. The Morgan fingerprint density at radius 3 is 2.54 bits per heavy atom. The summed E-state index contributed by atoms with van der Waals surface area (Å²) in [5.74, 6) is -0.151. The number of hydrogen-bond acceptors (Lipinski definition) is 7. The van der Waals surface area contributed by atoms with E-state index in [0.29, 0.717) is 47.9 Å². The van der Waals surface area contributed by atoms with Crippen LogP contribution >= 0.6 is 0 Å². The predicted molar refractivity (Wildman–Crippen MR) is 148 cm³/mol. The van der Waals surface area contributed by atoms with Crippen LogP contribution in [0.25, 0.3) is 0 Å². The third-order valence-electron chi connectivity index (χ3n) is 7.02. The Hall–Kier alpha value is -4.08. The molecule has 208 valence electrons. The maximum atomic E-state index is 13.6. The molecule has 2 aromatic carbocycles. The van der Waals surface area contributed by atoms with E-state index in [4.69, 9.17) is 14.9 Å². The van der Waals surface area contributed by atoms with E-state index in [1.54, 1.807) is 30.1 Å². The Labute approximate surface area is 228 Å². The van der Waals surface area contributed by atoms with Crippen molar-refractivity contribution in [1.82, 2.24) is 10.2 Å². The Morgan fingerprint density at radius 1 is 1.21 bits per heavy atom. The van der Waals surface area contributed by atoms with Gasteiger partial charge in [0.1, 0.15) is 23.4 Å². The van der Waals surface area contributed by atoms with Gasteiger partial charge in [0.25, 0.3) is 5.91 Å². The zero-order valence-corrected chi connectivity index (χ0v) is 23.3. The average Bonchev–Trinajstić information content (AvgIpc) is 3.15. The molecule has 0 aromatic heterocycles. The van der Waals surface area contributed by atoms with E-state index < -0.39 is 12.1 Å². The van der Waals surface area contributed by atoms with E-state index in [2.05, 4.69) is 5.32 Å². The van der Waals surface area contributed by atoms with E-state index in [9.17, 15) is 19.5 Å². The highest BCUT2D eigenvalue weighted by Crippen LogP contribution is 2.43. The van der Waals surface area contributed by atoms with E-state index in [1.165, 1.54) is 0 Å². The molecular formula is C29H36N4O6. The second-order valence-electron chi connectivity index (χ2n) is 11.0. The fraction of sp³-hybridized carbons (Fsp3) is 0.448. The van der Waals surface area contributed by atoms with Crippen LogP contribution in [0, 0.1) is 5.41 Å². The first-order valence-electron chi connectivity index (χ1n) is 13.0. The fourth-order valence-electron chi connectivity index (χ4n) is 5.06. The molecule has 0 bridgehead atoms. The number of fused-ring (bicyclic) bond motifs is 2. The maximum Gasteiger partial charge on any atom is 0.307 e. The van der Waals surface area contributed by atoms with Crippen LogP contribution in [0.5, 0.6) is 11.5 Å². The van der Waals surface area contributed by atoms with E-state index >= 15 is 0 Å². The van der Waals surface area contributed by atoms with Crippen molar-refractivity contribution in [3.63, 3.8) is 0 Å². The van der Waals surface area contributed by atoms with Crippen molar-refractivity contribution < 1.29 is 29.0 Å². The first kappa shape index (κ1) is 27.9. The minimum atomic E-state index is -0.925. The van der Waals surface area contributed by atoms with Crippen molar-refractivity contribution in [2.24, 2.45) is 0 Å². The SMILES string of the molecule is CCOc1cc2c(cc1C(=O)NC)C(=N)N(CC(=O)c1cc3c(c(C(C)(C)C)c1)OC(CC(=O)O)CN3C)C2. The fourth-order valence-corrected chi connectivity index (χ4v) is 5.06. The Balaban J connectivity index is 1.63. The quantitative estimate of drug-likeness (QED) is 0.437. The molecule has 2 aliphatic rings. The van der Waals surface area contributed by atoms with E-state index in [0.717, 1.165) is 16.8 Å². The number of anilines is 1. The number of Topliss-reactive ketones (excluding diaryl/α,β-unsaturated/α-hetero) is 1. The number of aliphatic carboxylic acids is 1. The Kier molecular flexibility index (Phi) is 7.59. The minimum absolute atomic E-state index is 0.0125. The molecule has 2 heterocycles. The van der Waals surface area contributed by atoms with Crippen LogP contribution < -0.4 is 19.7 Å². The summed E-state index contributed by atoms with van der Waals surface area (Å²) >= 11 is 0. The molecule has 1 amide bonds. The van der Waals surface area contributed by atoms with Gasteiger partial charge in [-0.2, -0.15) is 0 Å². The molecule has 1 atom stereocenters. The van der Waals surface area contributed by atoms with Crippen LogP contribution in [0.1, 0.15) is 71.5 Å². The molecule has 4 rings (SSSR count). The standard InChI is InChI=1S/C29H36N4O6/c1-7-38-24-10-17-13-33(27(30)19(17)12-20(24)28(37)31-5)15-23(34)16-8-21(29(2,3)4)26-22(9-16)32(6)14-18(39-26)11-25(35)36/h8-10,12,18,30H,7,11,13-15H2,1-6H3,(H,31,37)(H,35,36). The Bertz CT molecular complexity index is 1350. The number of carbonyl (C=O) groups is 3. The average molecular weight is 537 g/mol. The first-order valence-corrected chi connectivity index (χ1v) is 13.0. The second kappa shape index (κ2) is 10.6. The van der Waals surface area contributed by atoms with Crippen molar-refractivity contribution >= 4 is 29.2 Å². The number of amidine groups is 1. The van der Waals surface area contributed by atoms with Crippen molar-refractivity contribution in [3.8, 4) is 11.5 Å². The zero-order valence-electron chi connectivity index (χ0n) is 23.3. The monoisotopic (exact) mass is 536 g/mol. The number of amides is 1. The van der Waals surface area contributed by atoms with Crippen molar-refractivity contribution in [2.45, 2.75) is 52.2 Å². The topological polar surface area (TPSA) is 132 Å². The van der Waals surface area contributed by atoms with Gasteiger partial charge in [0.15, 0.2) is 5.78 Å². The van der Waals surface area contributed by atoms with E-state index in [-0.39, 0.29) is 35.9 Å². The van der Waals surface area contributed by atoms with Gasteiger partial charge in [-0.3, -0.25) is 19.8 Å². The summed E-state index contributed by atoms with van der Waals surface area (Å²) in [6, 6.07) is 7.04. The maximum absolute atomic E-state index is 13.6. The molecule has 0 saturated heterocycles. The summed E-state index contributed by atoms with van der Waals surface area (Å²) in [5.41, 5.74) is 3.46. The third-order valence-corrected chi connectivity index (χ3v) is 7.02. The normalized spacial score (nSPS) is 16.4. The van der Waals surface area contributed by atoms with Gasteiger partial charge in [0.05, 0.1) is 37.4 Å². The molecule has 2 aliphatic heterocycles. The lowest BCUT2D eigenvalue weighted by molar-refractivity contribution is -0.138. The lowest BCUT2D eigenvalue weighted by Gasteiger charge is -2.37. The molecule has 3 N–H and O–H groups in total. The molecule has 0 saturated carbocycles. The number of carboxylic acids is 1. The van der Waals surface area contributed by atoms with Gasteiger partial charge in [-0.15, -0.1) is 0 Å². The molecule has 0 spiro atoms. The van der Waals surface area contributed by atoms with Crippen LogP contribution in [0.3, 0.4) is 0 Å². The van der Waals surface area contributed by atoms with Gasteiger partial charge < -0.3 is 29.7 Å². The van der Waals surface area contributed by atoms with Gasteiger partial charge in [0.2, 0.25) is 0 Å². The van der Waals surface area contributed by atoms with Crippen LogP contribution in [0.2, 0.25) is 0 Å². The second-order valence-corrected chi connectivity index (χ2v) is 11.0. The molecule has 2 aromatic rings. The minimum Gasteiger partial charge on any atom is -0.493 e. The highest BCUT2D eigenvalue weighted by Gasteiger charge is 2.34. The molecule has 0 fully saturated rings. The van der Waals surface area contributed by atoms with Crippen LogP contribution in [0.15, 0.2) is 24.3 Å². The number of nitrogens with one attached hydrogen (secondary N) is 2. The van der Waals surface area contributed by atoms with Crippen LogP contribution in [-0.2, 0) is 16.8 Å². The van der Waals surface area contributed by atoms with Gasteiger partial charge in [-0.05, 0) is 42.2 Å². The summed E-state index contributed by atoms with van der Waals surface area (Å²) in [4.78, 5) is 41.0. The molecule has 10 nitrogen and oxygen atoms in total. The smallest absolute Gasteiger partial charge is 0.307 e. The third kappa shape index (κ3) is 5.55. The first-order chi connectivity index (χ1) is 18.3. The molecule has 10 heteroatoms. The highest BCUT2D eigenvalue weighted by molar-refractivity contribution is 6.08. The number of ketones is 1. The zero-order chi connectivity index (χ0) is 28.6. The summed E-state index contributed by atoms with van der Waals surface area (Å²) in [7, 11) is 3.41. The number of nitrogens with zero attached hydrogens (tertiary/aromatic N) is 2. The largest absolute Gasteiger partial charge is 0.493 e. The van der Waals surface area contributed by atoms with Crippen molar-refractivity contribution in [3.05, 3.63) is 52.1 Å². The van der Waals surface area contributed by atoms with Crippen molar-refractivity contribution in [1.29, 1.82) is 5.41 Å². The summed E-state index contributed by atoms with van der Waals surface area (Å²) in [5, 5.41) is 20.6. The van der Waals surface area contributed by atoms with Gasteiger partial charge in [-0.25, -0.2) is 0 Å². The summed E-state index contributed by atoms with van der Waals surface area (Å²) < 4.78 is 11.8. The number of ether oxygens (including phenoxy) is 2. The predicted octanol–water partition coefficient (Wildman–Crippen LogP) is 3.44. The molecular weight excluding hydrogens is 500 g/mol. The summed E-state index contributed by atoms with van der Waals surface area (Å²) in [6.45, 7) is 9.03. The number of carboxylic acid groups (broad SMARTS) is 1.